The molecule has 3 aromatic carbocycles. The molecule has 1 amide bonds. The molecule has 0 aliphatic rings. The summed E-state index contributed by atoms with van der Waals surface area (Å²) >= 11 is 0. The number of sulfonamides is 1. The fourth-order valence-corrected chi connectivity index (χ4v) is 5.27. The number of carbonyl (C=O) groups is 1. The van der Waals surface area contributed by atoms with Crippen molar-refractivity contribution in [3.8, 4) is 0 Å². The highest BCUT2D eigenvalue weighted by Crippen LogP contribution is 2.27. The highest BCUT2D eigenvalue weighted by atomic mass is 32.2. The minimum atomic E-state index is -3.93. The van der Waals surface area contributed by atoms with Gasteiger partial charge in [0.2, 0.25) is 5.91 Å². The molecule has 0 aliphatic carbocycles. The molecule has 186 valence electrons. The zero-order valence-electron chi connectivity index (χ0n) is 21.4. The molecule has 0 saturated heterocycles. The van der Waals surface area contributed by atoms with E-state index >= 15 is 0 Å². The van der Waals surface area contributed by atoms with Crippen LogP contribution in [0.1, 0.15) is 70.2 Å². The Kier molecular flexibility index (Phi) is 8.06. The van der Waals surface area contributed by atoms with Gasteiger partial charge in [-0.15, -0.1) is 0 Å². The third-order valence-electron chi connectivity index (χ3n) is 6.12. The summed E-state index contributed by atoms with van der Waals surface area (Å²) in [5.41, 5.74) is 3.77. The van der Waals surface area contributed by atoms with Crippen LogP contribution in [0, 0.1) is 0 Å². The van der Waals surface area contributed by atoms with Crippen LogP contribution in [0.5, 0.6) is 0 Å². The van der Waals surface area contributed by atoms with Crippen molar-refractivity contribution in [3.63, 3.8) is 0 Å². The summed E-state index contributed by atoms with van der Waals surface area (Å²) < 4.78 is 28.2. The second-order valence-electron chi connectivity index (χ2n) is 10.2. The van der Waals surface area contributed by atoms with Crippen molar-refractivity contribution in [1.82, 2.24) is 5.32 Å². The topological polar surface area (TPSA) is 66.5 Å². The first-order valence-corrected chi connectivity index (χ1v) is 13.4. The molecule has 0 fully saturated rings. The number of amides is 1. The number of hydrogen-bond acceptors (Lipinski definition) is 3. The van der Waals surface area contributed by atoms with Crippen LogP contribution in [0.25, 0.3) is 0 Å². The lowest BCUT2D eigenvalue weighted by Gasteiger charge is -2.26. The van der Waals surface area contributed by atoms with Gasteiger partial charge in [-0.1, -0.05) is 89.2 Å². The minimum Gasteiger partial charge on any atom is -0.348 e. The van der Waals surface area contributed by atoms with Gasteiger partial charge < -0.3 is 5.32 Å². The van der Waals surface area contributed by atoms with Crippen molar-refractivity contribution in [2.75, 3.05) is 10.8 Å². The van der Waals surface area contributed by atoms with E-state index in [1.807, 2.05) is 31.2 Å². The predicted molar refractivity (Wildman–Crippen MR) is 143 cm³/mol. The molecular formula is C29H36N2O3S. The van der Waals surface area contributed by atoms with Crippen LogP contribution in [0.15, 0.2) is 83.8 Å². The molecule has 0 spiro atoms. The molecule has 35 heavy (non-hydrogen) atoms. The molecule has 0 saturated carbocycles. The zero-order chi connectivity index (χ0) is 25.8. The van der Waals surface area contributed by atoms with Crippen LogP contribution in [-0.4, -0.2) is 20.9 Å². The maximum Gasteiger partial charge on any atom is 0.264 e. The molecule has 6 heteroatoms. The van der Waals surface area contributed by atoms with E-state index in [2.05, 4.69) is 52.1 Å². The maximum absolute atomic E-state index is 13.5. The smallest absolute Gasteiger partial charge is 0.264 e. The van der Waals surface area contributed by atoms with Crippen molar-refractivity contribution in [3.05, 3.63) is 95.6 Å². The van der Waals surface area contributed by atoms with Crippen LogP contribution in [-0.2, 0) is 20.2 Å². The van der Waals surface area contributed by atoms with Crippen LogP contribution in [0.2, 0.25) is 0 Å². The first-order valence-electron chi connectivity index (χ1n) is 12.0. The van der Waals surface area contributed by atoms with E-state index in [0.29, 0.717) is 11.6 Å². The normalized spacial score (nSPS) is 12.9. The van der Waals surface area contributed by atoms with Gasteiger partial charge in [-0.05, 0) is 59.2 Å². The van der Waals surface area contributed by atoms with Crippen molar-refractivity contribution in [2.45, 2.75) is 63.8 Å². The first kappa shape index (κ1) is 26.5. The van der Waals surface area contributed by atoms with Gasteiger partial charge in [0.05, 0.1) is 16.6 Å². The number of benzene rings is 3. The second-order valence-corrected chi connectivity index (χ2v) is 12.1. The lowest BCUT2D eigenvalue weighted by molar-refractivity contribution is -0.120. The monoisotopic (exact) mass is 492 g/mol. The first-order chi connectivity index (χ1) is 16.4. The summed E-state index contributed by atoms with van der Waals surface area (Å²) in [6.45, 7) is 12.2. The third kappa shape index (κ3) is 6.51. The largest absolute Gasteiger partial charge is 0.348 e. The van der Waals surface area contributed by atoms with Gasteiger partial charge >= 0.3 is 0 Å². The van der Waals surface area contributed by atoms with Crippen LogP contribution >= 0.6 is 0 Å². The molecule has 0 aromatic heterocycles. The number of anilines is 1. The average molecular weight is 493 g/mol. The molecule has 3 rings (SSSR count). The fourth-order valence-electron chi connectivity index (χ4n) is 3.83. The molecule has 5 nitrogen and oxygen atoms in total. The summed E-state index contributed by atoms with van der Waals surface area (Å²) in [5, 5.41) is 2.96. The van der Waals surface area contributed by atoms with E-state index < -0.39 is 10.0 Å². The lowest BCUT2D eigenvalue weighted by Crippen LogP contribution is -2.41. The summed E-state index contributed by atoms with van der Waals surface area (Å²) in [4.78, 5) is 13.2. The van der Waals surface area contributed by atoms with E-state index in [-0.39, 0.29) is 28.8 Å². The Balaban J connectivity index is 1.85. The SMILES string of the molecule is CC(C)c1ccc(N(CC(=O)NC(C)c2ccc(C(C)(C)C)cc2)S(=O)(=O)c2ccccc2)cc1. The van der Waals surface area contributed by atoms with Crippen molar-refractivity contribution >= 4 is 21.6 Å². The zero-order valence-corrected chi connectivity index (χ0v) is 22.3. The Bertz CT molecular complexity index is 1230. The molecule has 1 unspecified atom stereocenters. The van der Waals surface area contributed by atoms with Gasteiger partial charge in [0, 0.05) is 0 Å². The van der Waals surface area contributed by atoms with Crippen LogP contribution in [0.3, 0.4) is 0 Å². The molecule has 0 radical (unpaired) electrons. The van der Waals surface area contributed by atoms with E-state index in [1.165, 1.54) is 9.87 Å². The molecule has 0 aliphatic heterocycles. The average Bonchev–Trinajstić information content (AvgIpc) is 2.82. The summed E-state index contributed by atoms with van der Waals surface area (Å²) in [7, 11) is -3.93. The molecule has 3 aromatic rings. The van der Waals surface area contributed by atoms with Gasteiger partial charge in [-0.25, -0.2) is 8.42 Å². The van der Waals surface area contributed by atoms with E-state index in [0.717, 1.165) is 11.1 Å². The van der Waals surface area contributed by atoms with Gasteiger partial charge in [-0.3, -0.25) is 9.10 Å². The van der Waals surface area contributed by atoms with Crippen LogP contribution < -0.4 is 9.62 Å². The van der Waals surface area contributed by atoms with Gasteiger partial charge in [0.1, 0.15) is 6.54 Å². The molecule has 1 N–H and O–H groups in total. The van der Waals surface area contributed by atoms with E-state index in [1.54, 1.807) is 42.5 Å². The number of nitrogens with one attached hydrogen (secondary N) is 1. The number of rotatable bonds is 8. The van der Waals surface area contributed by atoms with Crippen molar-refractivity contribution in [1.29, 1.82) is 0 Å². The predicted octanol–water partition coefficient (Wildman–Crippen LogP) is 6.18. The standard InChI is InChI=1S/C29H36N2O3S/c1-21(2)23-14-18-26(19-15-23)31(35(33,34)27-10-8-7-9-11-27)20-28(32)30-22(3)24-12-16-25(17-13-24)29(4,5)6/h7-19,21-22H,20H2,1-6H3,(H,30,32). The van der Waals surface area contributed by atoms with Gasteiger partial charge in [0.15, 0.2) is 0 Å². The fraction of sp³-hybridized carbons (Fsp3) is 0.345. The summed E-state index contributed by atoms with van der Waals surface area (Å²) in [6, 6.07) is 23.4. The maximum atomic E-state index is 13.5. The Labute approximate surface area is 210 Å². The number of nitrogens with zero attached hydrogens (tertiary/aromatic N) is 1. The van der Waals surface area contributed by atoms with Crippen LogP contribution in [0.4, 0.5) is 5.69 Å². The molecular weight excluding hydrogens is 456 g/mol. The quantitative estimate of drug-likeness (QED) is 0.408. The van der Waals surface area contributed by atoms with Crippen molar-refractivity contribution in [2.24, 2.45) is 0 Å². The van der Waals surface area contributed by atoms with Crippen molar-refractivity contribution < 1.29 is 13.2 Å². The summed E-state index contributed by atoms with van der Waals surface area (Å²) in [5.74, 6) is -0.0538. The number of hydrogen-bond donors (Lipinski definition) is 1. The molecule has 0 heterocycles. The highest BCUT2D eigenvalue weighted by molar-refractivity contribution is 7.92. The van der Waals surface area contributed by atoms with Gasteiger partial charge in [-0.2, -0.15) is 0 Å². The van der Waals surface area contributed by atoms with Gasteiger partial charge in [0.25, 0.3) is 10.0 Å². The van der Waals surface area contributed by atoms with E-state index in [9.17, 15) is 13.2 Å². The minimum absolute atomic E-state index is 0.0441. The Morgan fingerprint density at radius 2 is 1.37 bits per heavy atom. The van der Waals surface area contributed by atoms with E-state index in [4.69, 9.17) is 0 Å². The second kappa shape index (κ2) is 10.6. The summed E-state index contributed by atoms with van der Waals surface area (Å²) in [6.07, 6.45) is 0. The lowest BCUT2D eigenvalue weighted by atomic mass is 9.86. The highest BCUT2D eigenvalue weighted by Gasteiger charge is 2.27. The Hall–Kier alpha value is -3.12. The molecule has 0 bridgehead atoms. The third-order valence-corrected chi connectivity index (χ3v) is 7.91. The Morgan fingerprint density at radius 3 is 1.89 bits per heavy atom. The molecule has 1 atom stereocenters. The number of carbonyl (C=O) groups excluding carboxylic acids is 1. The Morgan fingerprint density at radius 1 is 0.829 bits per heavy atom.